The predicted molar refractivity (Wildman–Crippen MR) is 139 cm³/mol. The molecule has 1 amide bonds. The average Bonchev–Trinajstić information content (AvgIpc) is 3.33. The van der Waals surface area contributed by atoms with Gasteiger partial charge in [-0.2, -0.15) is 0 Å². The van der Waals surface area contributed by atoms with Crippen molar-refractivity contribution in [1.82, 2.24) is 9.80 Å². The number of fused-ring (bicyclic) bond motifs is 1. The predicted octanol–water partition coefficient (Wildman–Crippen LogP) is 6.51. The molecule has 2 aliphatic heterocycles. The van der Waals surface area contributed by atoms with Gasteiger partial charge in [0.2, 0.25) is 0 Å². The van der Waals surface area contributed by atoms with E-state index < -0.39 is 0 Å². The van der Waals surface area contributed by atoms with Crippen LogP contribution in [0.5, 0.6) is 0 Å². The van der Waals surface area contributed by atoms with Gasteiger partial charge in [0.15, 0.2) is 0 Å². The number of rotatable bonds is 4. The summed E-state index contributed by atoms with van der Waals surface area (Å²) in [5, 5.41) is 2.16. The third kappa shape index (κ3) is 5.74. The molecule has 3 aromatic carbocycles. The molecule has 2 aliphatic rings. The summed E-state index contributed by atoms with van der Waals surface area (Å²) >= 11 is 0. The highest BCUT2D eigenvalue weighted by Gasteiger charge is 2.30. The van der Waals surface area contributed by atoms with Gasteiger partial charge >= 0.3 is 0 Å². The normalized spacial score (nSPS) is 19.0. The Hall–Kier alpha value is -2.98. The van der Waals surface area contributed by atoms with E-state index in [0.29, 0.717) is 11.8 Å². The number of hydrogen-bond donors (Lipinski definition) is 0. The number of carbonyl (C=O) groups excluding carboxylic acids is 1. The van der Waals surface area contributed by atoms with Gasteiger partial charge in [0.25, 0.3) is 5.91 Å². The van der Waals surface area contributed by atoms with Gasteiger partial charge in [0.05, 0.1) is 0 Å². The van der Waals surface area contributed by atoms with Crippen LogP contribution in [0.4, 0.5) is 4.39 Å². The molecule has 0 spiro atoms. The van der Waals surface area contributed by atoms with E-state index in [0.717, 1.165) is 68.3 Å². The van der Waals surface area contributed by atoms with Crippen LogP contribution in [0.25, 0.3) is 10.8 Å². The zero-order valence-corrected chi connectivity index (χ0v) is 20.1. The zero-order valence-electron chi connectivity index (χ0n) is 20.1. The highest BCUT2D eigenvalue weighted by Crippen LogP contribution is 2.30. The second-order valence-corrected chi connectivity index (χ2v) is 9.47. The molecule has 3 nitrogen and oxygen atoms in total. The molecule has 1 atom stereocenters. The summed E-state index contributed by atoms with van der Waals surface area (Å²) in [5.41, 5.74) is 2.08. The van der Waals surface area contributed by atoms with E-state index in [2.05, 4.69) is 23.6 Å². The Kier molecular flexibility index (Phi) is 8.12. The van der Waals surface area contributed by atoms with Gasteiger partial charge in [-0.25, -0.2) is 4.39 Å². The molecule has 0 aliphatic carbocycles. The SMILES string of the molecule is C=CC.O=C(c1cccc2ccccc12)N1CCC(CN2CCC(c3ccc(F)cc3)CC2)C1. The van der Waals surface area contributed by atoms with E-state index in [1.165, 1.54) is 5.56 Å². The van der Waals surface area contributed by atoms with E-state index in [1.807, 2.05) is 54.3 Å². The summed E-state index contributed by atoms with van der Waals surface area (Å²) in [4.78, 5) is 17.8. The number of nitrogens with zero attached hydrogens (tertiary/aromatic N) is 2. The van der Waals surface area contributed by atoms with E-state index in [4.69, 9.17) is 0 Å². The summed E-state index contributed by atoms with van der Waals surface area (Å²) in [6, 6.07) is 21.1. The smallest absolute Gasteiger partial charge is 0.254 e. The van der Waals surface area contributed by atoms with E-state index >= 15 is 0 Å². The first-order valence-electron chi connectivity index (χ1n) is 12.4. The van der Waals surface area contributed by atoms with E-state index in [-0.39, 0.29) is 11.7 Å². The van der Waals surface area contributed by atoms with Crippen molar-refractivity contribution in [2.75, 3.05) is 32.7 Å². The highest BCUT2D eigenvalue weighted by molar-refractivity contribution is 6.07. The minimum atomic E-state index is -0.162. The number of amides is 1. The molecule has 0 aromatic heterocycles. The summed E-state index contributed by atoms with van der Waals surface area (Å²) in [5.74, 6) is 1.07. The maximum atomic E-state index is 13.2. The van der Waals surface area contributed by atoms with Gasteiger partial charge in [-0.05, 0) is 85.6 Å². The Balaban J connectivity index is 0.000000868. The van der Waals surface area contributed by atoms with Gasteiger partial charge in [0.1, 0.15) is 5.82 Å². The van der Waals surface area contributed by atoms with Crippen molar-refractivity contribution in [3.05, 3.63) is 96.3 Å². The standard InChI is InChI=1S/C27H29FN2O.C3H6/c28-24-10-8-21(9-11-24)22-13-15-29(16-14-22)18-20-12-17-30(19-20)27(31)26-7-3-5-23-4-1-2-6-25(23)26;1-3-2/h1-11,20,22H,12-19H2;3H,1H2,2H3. The molecule has 0 bridgehead atoms. The molecule has 34 heavy (non-hydrogen) atoms. The first-order chi connectivity index (χ1) is 16.6. The fraction of sp³-hybridized carbons (Fsp3) is 0.367. The third-order valence-corrected chi connectivity index (χ3v) is 7.04. The molecule has 2 heterocycles. The molecule has 0 radical (unpaired) electrons. The third-order valence-electron chi connectivity index (χ3n) is 7.04. The molecule has 0 saturated carbocycles. The number of likely N-dealkylation sites (tertiary alicyclic amines) is 2. The number of allylic oxidation sites excluding steroid dienone is 1. The summed E-state index contributed by atoms with van der Waals surface area (Å²) in [6.45, 7) is 10.2. The quantitative estimate of drug-likeness (QED) is 0.416. The number of carbonyl (C=O) groups is 1. The monoisotopic (exact) mass is 458 g/mol. The van der Waals surface area contributed by atoms with Crippen LogP contribution in [0.15, 0.2) is 79.4 Å². The van der Waals surface area contributed by atoms with Gasteiger partial charge in [0, 0.05) is 25.2 Å². The minimum Gasteiger partial charge on any atom is -0.338 e. The fourth-order valence-corrected chi connectivity index (χ4v) is 5.30. The molecular weight excluding hydrogens is 423 g/mol. The first-order valence-corrected chi connectivity index (χ1v) is 12.4. The van der Waals surface area contributed by atoms with Gasteiger partial charge in [-0.15, -0.1) is 6.58 Å². The van der Waals surface area contributed by atoms with Crippen molar-refractivity contribution in [3.63, 3.8) is 0 Å². The zero-order chi connectivity index (χ0) is 23.9. The van der Waals surface area contributed by atoms with Crippen molar-refractivity contribution < 1.29 is 9.18 Å². The lowest BCUT2D eigenvalue weighted by Gasteiger charge is -2.33. The van der Waals surface area contributed by atoms with Crippen LogP contribution < -0.4 is 0 Å². The Morgan fingerprint density at radius 3 is 2.38 bits per heavy atom. The Labute approximate surface area is 202 Å². The second-order valence-electron chi connectivity index (χ2n) is 9.47. The van der Waals surface area contributed by atoms with Crippen LogP contribution in [-0.4, -0.2) is 48.4 Å². The summed E-state index contributed by atoms with van der Waals surface area (Å²) in [6.07, 6.45) is 5.07. The van der Waals surface area contributed by atoms with Crippen LogP contribution in [0.1, 0.15) is 48.0 Å². The fourth-order valence-electron chi connectivity index (χ4n) is 5.30. The molecule has 0 N–H and O–H groups in total. The number of halogens is 1. The number of piperidine rings is 1. The van der Waals surface area contributed by atoms with Crippen LogP contribution in [0, 0.1) is 11.7 Å². The maximum absolute atomic E-state index is 13.2. The lowest BCUT2D eigenvalue weighted by atomic mass is 9.89. The minimum absolute atomic E-state index is 0.161. The van der Waals surface area contributed by atoms with Gasteiger partial charge < -0.3 is 9.80 Å². The Morgan fingerprint density at radius 1 is 0.971 bits per heavy atom. The maximum Gasteiger partial charge on any atom is 0.254 e. The molecule has 4 heteroatoms. The van der Waals surface area contributed by atoms with Crippen molar-refractivity contribution in [1.29, 1.82) is 0 Å². The first kappa shape index (κ1) is 24.2. The van der Waals surface area contributed by atoms with Crippen molar-refractivity contribution in [3.8, 4) is 0 Å². The van der Waals surface area contributed by atoms with Crippen LogP contribution in [0.2, 0.25) is 0 Å². The molecular formula is C30H35FN2O. The van der Waals surface area contributed by atoms with Gasteiger partial charge in [-0.3, -0.25) is 4.79 Å². The number of benzene rings is 3. The van der Waals surface area contributed by atoms with Gasteiger partial charge in [-0.1, -0.05) is 54.6 Å². The molecule has 2 saturated heterocycles. The largest absolute Gasteiger partial charge is 0.338 e. The average molecular weight is 459 g/mol. The van der Waals surface area contributed by atoms with Crippen molar-refractivity contribution in [2.45, 2.75) is 32.1 Å². The van der Waals surface area contributed by atoms with Crippen molar-refractivity contribution in [2.24, 2.45) is 5.92 Å². The van der Waals surface area contributed by atoms with Crippen LogP contribution in [-0.2, 0) is 0 Å². The molecule has 1 unspecified atom stereocenters. The van der Waals surface area contributed by atoms with E-state index in [9.17, 15) is 9.18 Å². The summed E-state index contributed by atoms with van der Waals surface area (Å²) < 4.78 is 13.2. The molecule has 178 valence electrons. The lowest BCUT2D eigenvalue weighted by molar-refractivity contribution is 0.0784. The van der Waals surface area contributed by atoms with Crippen LogP contribution in [0.3, 0.4) is 0 Å². The highest BCUT2D eigenvalue weighted by atomic mass is 19.1. The topological polar surface area (TPSA) is 23.6 Å². The van der Waals surface area contributed by atoms with Crippen LogP contribution >= 0.6 is 0 Å². The molecule has 3 aromatic rings. The number of hydrogen-bond acceptors (Lipinski definition) is 2. The lowest BCUT2D eigenvalue weighted by Crippen LogP contribution is -2.37. The molecule has 5 rings (SSSR count). The second kappa shape index (κ2) is 11.4. The Bertz CT molecular complexity index is 1100. The summed E-state index contributed by atoms with van der Waals surface area (Å²) in [7, 11) is 0. The Morgan fingerprint density at radius 2 is 1.65 bits per heavy atom. The van der Waals surface area contributed by atoms with Crippen molar-refractivity contribution >= 4 is 16.7 Å². The van der Waals surface area contributed by atoms with E-state index in [1.54, 1.807) is 18.2 Å². The molecule has 2 fully saturated rings.